The minimum atomic E-state index is -4.65. The first-order valence-corrected chi connectivity index (χ1v) is 5.18. The molecule has 1 rings (SSSR count). The van der Waals surface area contributed by atoms with Crippen LogP contribution in [0.4, 0.5) is 24.9 Å². The van der Waals surface area contributed by atoms with Crippen LogP contribution in [0, 0.1) is 0 Å². The Morgan fingerprint density at radius 2 is 2.00 bits per heavy atom. The average molecular weight is 281 g/mol. The zero-order valence-corrected chi connectivity index (χ0v) is 9.99. The van der Waals surface area contributed by atoms with Gasteiger partial charge in [-0.25, -0.2) is 10.8 Å². The summed E-state index contributed by atoms with van der Waals surface area (Å²) in [5.74, 6) is 4.39. The van der Waals surface area contributed by atoms with Gasteiger partial charge in [0.2, 0.25) is 5.95 Å². The van der Waals surface area contributed by atoms with E-state index in [2.05, 4.69) is 15.3 Å². The first-order chi connectivity index (χ1) is 8.68. The van der Waals surface area contributed by atoms with Crippen LogP contribution in [-0.4, -0.2) is 38.9 Å². The number of aliphatic hydroxyl groups is 2. The number of halogens is 3. The fourth-order valence-electron chi connectivity index (χ4n) is 1.08. The number of nitrogens with zero attached hydrogens (tertiary/aromatic N) is 2. The van der Waals surface area contributed by atoms with Crippen molar-refractivity contribution in [3.63, 3.8) is 0 Å². The predicted molar refractivity (Wildman–Crippen MR) is 61.0 cm³/mol. The Kier molecular flexibility index (Phi) is 4.50. The Labute approximate surface area is 106 Å². The van der Waals surface area contributed by atoms with E-state index in [0.29, 0.717) is 6.07 Å². The van der Waals surface area contributed by atoms with E-state index in [1.165, 1.54) is 6.92 Å². The summed E-state index contributed by atoms with van der Waals surface area (Å²) in [5.41, 5.74) is -0.749. The zero-order chi connectivity index (χ0) is 14.7. The number of nitrogen functional groups attached to an aromatic ring is 1. The quantitative estimate of drug-likeness (QED) is 0.379. The molecular weight excluding hydrogens is 267 g/mol. The van der Waals surface area contributed by atoms with Gasteiger partial charge < -0.3 is 15.5 Å². The van der Waals surface area contributed by atoms with Gasteiger partial charge in [0, 0.05) is 12.6 Å². The van der Waals surface area contributed by atoms with Crippen LogP contribution in [0.15, 0.2) is 6.07 Å². The van der Waals surface area contributed by atoms with Gasteiger partial charge in [0.15, 0.2) is 5.69 Å². The lowest BCUT2D eigenvalue weighted by atomic mass is 10.1. The highest BCUT2D eigenvalue weighted by molar-refractivity contribution is 5.42. The number of rotatable bonds is 5. The van der Waals surface area contributed by atoms with Crippen molar-refractivity contribution in [2.75, 3.05) is 23.9 Å². The maximum atomic E-state index is 12.5. The molecule has 19 heavy (non-hydrogen) atoms. The van der Waals surface area contributed by atoms with Gasteiger partial charge in [0.05, 0.1) is 6.61 Å². The summed E-state index contributed by atoms with van der Waals surface area (Å²) in [6.45, 7) is 0.564. The van der Waals surface area contributed by atoms with Crippen LogP contribution in [-0.2, 0) is 6.18 Å². The maximum Gasteiger partial charge on any atom is 0.433 e. The first kappa shape index (κ1) is 15.4. The molecule has 0 saturated heterocycles. The number of aliphatic hydroxyl groups excluding tert-OH is 1. The van der Waals surface area contributed by atoms with Crippen LogP contribution in [0.25, 0.3) is 0 Å². The zero-order valence-electron chi connectivity index (χ0n) is 9.99. The summed E-state index contributed by atoms with van der Waals surface area (Å²) in [6.07, 6.45) is -4.65. The van der Waals surface area contributed by atoms with Gasteiger partial charge in [-0.3, -0.25) is 5.43 Å². The van der Waals surface area contributed by atoms with Gasteiger partial charge in [0.1, 0.15) is 11.4 Å². The second-order valence-corrected chi connectivity index (χ2v) is 4.11. The second-order valence-electron chi connectivity index (χ2n) is 4.11. The molecule has 0 fully saturated rings. The van der Waals surface area contributed by atoms with Crippen LogP contribution in [0.5, 0.6) is 0 Å². The number of aromatic nitrogens is 2. The first-order valence-electron chi connectivity index (χ1n) is 5.18. The summed E-state index contributed by atoms with van der Waals surface area (Å²) in [7, 11) is 0. The van der Waals surface area contributed by atoms with Crippen molar-refractivity contribution < 1.29 is 23.4 Å². The van der Waals surface area contributed by atoms with Gasteiger partial charge in [-0.15, -0.1) is 0 Å². The summed E-state index contributed by atoms with van der Waals surface area (Å²) in [5, 5.41) is 20.8. The number of anilines is 2. The Balaban J connectivity index is 2.95. The smallest absolute Gasteiger partial charge is 0.393 e. The Hall–Kier alpha value is -1.65. The molecule has 1 atom stereocenters. The van der Waals surface area contributed by atoms with Gasteiger partial charge in [-0.1, -0.05) is 0 Å². The van der Waals surface area contributed by atoms with Crippen LogP contribution >= 0.6 is 0 Å². The molecule has 0 amide bonds. The van der Waals surface area contributed by atoms with Crippen molar-refractivity contribution in [3.05, 3.63) is 11.8 Å². The summed E-state index contributed by atoms with van der Waals surface area (Å²) in [4.78, 5) is 6.82. The minimum absolute atomic E-state index is 0.177. The normalized spacial score (nSPS) is 14.9. The third-order valence-corrected chi connectivity index (χ3v) is 2.14. The van der Waals surface area contributed by atoms with Crippen molar-refractivity contribution in [3.8, 4) is 0 Å². The lowest BCUT2D eigenvalue weighted by Gasteiger charge is -2.21. The largest absolute Gasteiger partial charge is 0.433 e. The minimum Gasteiger partial charge on any atom is -0.393 e. The topological polar surface area (TPSA) is 116 Å². The average Bonchev–Trinajstić information content (AvgIpc) is 2.35. The van der Waals surface area contributed by atoms with E-state index in [4.69, 9.17) is 10.9 Å². The van der Waals surface area contributed by atoms with Gasteiger partial charge in [-0.2, -0.15) is 18.2 Å². The molecule has 0 aromatic carbocycles. The summed E-state index contributed by atoms with van der Waals surface area (Å²) >= 11 is 0. The molecule has 0 radical (unpaired) electrons. The maximum absolute atomic E-state index is 12.5. The van der Waals surface area contributed by atoms with Crippen LogP contribution < -0.4 is 16.6 Å². The number of hydrazine groups is 1. The molecule has 0 aliphatic heterocycles. The monoisotopic (exact) mass is 281 g/mol. The lowest BCUT2D eigenvalue weighted by molar-refractivity contribution is -0.141. The SMILES string of the molecule is CC(O)(CO)CNc1cc(C(F)(F)F)nc(NN)n1. The molecule has 0 spiro atoms. The van der Waals surface area contributed by atoms with Crippen LogP contribution in [0.3, 0.4) is 0 Å². The Morgan fingerprint density at radius 3 is 2.47 bits per heavy atom. The molecule has 0 aliphatic carbocycles. The van der Waals surface area contributed by atoms with Crippen molar-refractivity contribution in [1.82, 2.24) is 9.97 Å². The highest BCUT2D eigenvalue weighted by atomic mass is 19.4. The molecule has 0 saturated carbocycles. The van der Waals surface area contributed by atoms with Crippen molar-refractivity contribution >= 4 is 11.8 Å². The van der Waals surface area contributed by atoms with E-state index in [-0.39, 0.29) is 12.4 Å². The third-order valence-electron chi connectivity index (χ3n) is 2.14. The van der Waals surface area contributed by atoms with Crippen molar-refractivity contribution in [2.45, 2.75) is 18.7 Å². The Morgan fingerprint density at radius 1 is 1.37 bits per heavy atom. The molecule has 1 unspecified atom stereocenters. The van der Waals surface area contributed by atoms with E-state index in [1.807, 2.05) is 5.43 Å². The fraction of sp³-hybridized carbons (Fsp3) is 0.556. The summed E-state index contributed by atoms with van der Waals surface area (Å²) < 4.78 is 37.6. The van der Waals surface area contributed by atoms with Gasteiger partial charge in [-0.05, 0) is 6.92 Å². The van der Waals surface area contributed by atoms with Crippen molar-refractivity contribution in [1.29, 1.82) is 0 Å². The standard InChI is InChI=1S/C9H14F3N5O2/c1-8(19,4-18)3-14-6-2-5(9(10,11)12)15-7(16-6)17-13/h2,18-19H,3-4,13H2,1H3,(H2,14,15,16,17). The van der Waals surface area contributed by atoms with Gasteiger partial charge in [0.25, 0.3) is 0 Å². The van der Waals surface area contributed by atoms with Crippen molar-refractivity contribution in [2.24, 2.45) is 5.84 Å². The highest BCUT2D eigenvalue weighted by Crippen LogP contribution is 2.29. The van der Waals surface area contributed by atoms with Crippen LogP contribution in [0.2, 0.25) is 0 Å². The molecule has 0 bridgehead atoms. The lowest BCUT2D eigenvalue weighted by Crippen LogP contribution is -2.37. The van der Waals surface area contributed by atoms with E-state index in [0.717, 1.165) is 0 Å². The number of nitrogens with two attached hydrogens (primary N) is 1. The molecule has 0 aliphatic rings. The number of nitrogens with one attached hydrogen (secondary N) is 2. The van der Waals surface area contributed by atoms with Crippen LogP contribution in [0.1, 0.15) is 12.6 Å². The highest BCUT2D eigenvalue weighted by Gasteiger charge is 2.34. The molecule has 6 N–H and O–H groups in total. The molecule has 1 aromatic rings. The molecule has 7 nitrogen and oxygen atoms in total. The van der Waals surface area contributed by atoms with E-state index >= 15 is 0 Å². The molecule has 108 valence electrons. The fourth-order valence-corrected chi connectivity index (χ4v) is 1.08. The Bertz CT molecular complexity index is 438. The summed E-state index contributed by atoms with van der Waals surface area (Å²) in [6, 6.07) is 0.675. The predicted octanol–water partition coefficient (Wildman–Crippen LogP) is -0.0638. The molecule has 1 aromatic heterocycles. The van der Waals surface area contributed by atoms with E-state index in [1.54, 1.807) is 0 Å². The molecule has 1 heterocycles. The van der Waals surface area contributed by atoms with E-state index in [9.17, 15) is 18.3 Å². The number of alkyl halides is 3. The van der Waals surface area contributed by atoms with Gasteiger partial charge >= 0.3 is 6.18 Å². The van der Waals surface area contributed by atoms with E-state index < -0.39 is 30.0 Å². The number of hydrogen-bond acceptors (Lipinski definition) is 7. The third kappa shape index (κ3) is 4.50. The second kappa shape index (κ2) is 5.55. The number of hydrogen-bond donors (Lipinski definition) is 5. The molecular formula is C9H14F3N5O2. The molecule has 10 heteroatoms.